The molecule has 2 aliphatic rings. The molecule has 2 unspecified atom stereocenters. The lowest BCUT2D eigenvalue weighted by atomic mass is 10.1. The summed E-state index contributed by atoms with van der Waals surface area (Å²) in [7, 11) is 2.19. The first kappa shape index (κ1) is 12.7. The first-order chi connectivity index (χ1) is 9.04. The van der Waals surface area contributed by atoms with Crippen LogP contribution in [0.1, 0.15) is 38.4 Å². The van der Waals surface area contributed by atoms with Gasteiger partial charge >= 0.3 is 0 Å². The Hall–Kier alpha value is -1.36. The Morgan fingerprint density at radius 3 is 2.37 bits per heavy atom. The van der Waals surface area contributed by atoms with Crippen molar-refractivity contribution in [3.63, 3.8) is 0 Å². The molecule has 0 amide bonds. The molecule has 2 heterocycles. The van der Waals surface area contributed by atoms with E-state index >= 15 is 0 Å². The van der Waals surface area contributed by atoms with Gasteiger partial charge in [0.15, 0.2) is 0 Å². The quantitative estimate of drug-likeness (QED) is 0.873. The van der Waals surface area contributed by atoms with E-state index < -0.39 is 0 Å². The van der Waals surface area contributed by atoms with Gasteiger partial charge < -0.3 is 10.6 Å². The van der Waals surface area contributed by atoms with Crippen LogP contribution in [0.4, 0.5) is 11.6 Å². The van der Waals surface area contributed by atoms with Crippen molar-refractivity contribution in [2.24, 2.45) is 0 Å². The molecular formula is C14H23N5. The van der Waals surface area contributed by atoms with E-state index in [4.69, 9.17) is 10.7 Å². The largest absolute Gasteiger partial charge is 0.384 e. The summed E-state index contributed by atoms with van der Waals surface area (Å²) in [4.78, 5) is 13.9. The summed E-state index contributed by atoms with van der Waals surface area (Å²) in [6, 6.07) is 2.98. The maximum atomic E-state index is 5.94. The molecule has 3 rings (SSSR count). The van der Waals surface area contributed by atoms with E-state index in [9.17, 15) is 0 Å². The Bertz CT molecular complexity index is 459. The van der Waals surface area contributed by atoms with Crippen LogP contribution in [0, 0.1) is 0 Å². The number of likely N-dealkylation sites (N-methyl/N-ethyl adjacent to an activating group) is 1. The van der Waals surface area contributed by atoms with Crippen LogP contribution in [0.3, 0.4) is 0 Å². The van der Waals surface area contributed by atoms with E-state index in [0.717, 1.165) is 24.7 Å². The van der Waals surface area contributed by atoms with Gasteiger partial charge in [-0.05, 0) is 33.7 Å². The topological polar surface area (TPSA) is 58.3 Å². The lowest BCUT2D eigenvalue weighted by Gasteiger charge is -2.43. The Kier molecular flexibility index (Phi) is 3.09. The number of nitrogens with zero attached hydrogens (tertiary/aromatic N) is 4. The number of nitrogen functional groups attached to an aromatic ring is 1. The van der Waals surface area contributed by atoms with Gasteiger partial charge in [0.2, 0.25) is 0 Å². The molecular weight excluding hydrogens is 238 g/mol. The van der Waals surface area contributed by atoms with Crippen molar-refractivity contribution in [2.45, 2.75) is 44.7 Å². The molecule has 5 nitrogen and oxygen atoms in total. The van der Waals surface area contributed by atoms with Crippen LogP contribution in [0.2, 0.25) is 0 Å². The number of hydrogen-bond donors (Lipinski definition) is 1. The second-order valence-electron chi connectivity index (χ2n) is 6.05. The Balaban J connectivity index is 1.85. The van der Waals surface area contributed by atoms with Crippen LogP contribution in [-0.2, 0) is 0 Å². The molecule has 1 saturated carbocycles. The summed E-state index contributed by atoms with van der Waals surface area (Å²) in [6.07, 6.45) is 2.41. The maximum absolute atomic E-state index is 5.94. The van der Waals surface area contributed by atoms with Crippen molar-refractivity contribution >= 4 is 11.6 Å². The number of hydrogen-bond acceptors (Lipinski definition) is 5. The molecule has 0 bridgehead atoms. The fourth-order valence-corrected chi connectivity index (χ4v) is 2.75. The first-order valence-electron chi connectivity index (χ1n) is 7.16. The van der Waals surface area contributed by atoms with Gasteiger partial charge in [0.25, 0.3) is 0 Å². The molecule has 1 aromatic heterocycles. The molecule has 19 heavy (non-hydrogen) atoms. The van der Waals surface area contributed by atoms with Gasteiger partial charge in [-0.25, -0.2) is 9.97 Å². The molecule has 1 aliphatic heterocycles. The third-order valence-electron chi connectivity index (χ3n) is 4.38. The summed E-state index contributed by atoms with van der Waals surface area (Å²) in [6.45, 7) is 6.52. The lowest BCUT2D eigenvalue weighted by Crippen LogP contribution is -2.55. The first-order valence-corrected chi connectivity index (χ1v) is 7.16. The molecule has 1 aromatic rings. The monoisotopic (exact) mass is 261 g/mol. The fourth-order valence-electron chi connectivity index (χ4n) is 2.75. The van der Waals surface area contributed by atoms with Gasteiger partial charge in [-0.3, -0.25) is 4.90 Å². The third-order valence-corrected chi connectivity index (χ3v) is 4.38. The van der Waals surface area contributed by atoms with Gasteiger partial charge in [-0.1, -0.05) is 0 Å². The summed E-state index contributed by atoms with van der Waals surface area (Å²) < 4.78 is 0. The predicted molar refractivity (Wildman–Crippen MR) is 77.3 cm³/mol. The fraction of sp³-hybridized carbons (Fsp3) is 0.714. The summed E-state index contributed by atoms with van der Waals surface area (Å²) in [5, 5.41) is 0. The average Bonchev–Trinajstić information content (AvgIpc) is 3.18. The highest BCUT2D eigenvalue weighted by Crippen LogP contribution is 2.39. The standard InChI is InChI=1S/C14H23N5/c1-9-7-19(8-10(2)18(9)3)13-6-12(15)16-14(17-13)11-4-5-11/h6,9-11H,4-5,7-8H2,1-3H3,(H2,15,16,17). The highest BCUT2D eigenvalue weighted by molar-refractivity contribution is 5.48. The van der Waals surface area contributed by atoms with Crippen molar-refractivity contribution in [1.82, 2.24) is 14.9 Å². The smallest absolute Gasteiger partial charge is 0.136 e. The van der Waals surface area contributed by atoms with Crippen molar-refractivity contribution in [3.8, 4) is 0 Å². The summed E-state index contributed by atoms with van der Waals surface area (Å²) >= 11 is 0. The second kappa shape index (κ2) is 4.63. The lowest BCUT2D eigenvalue weighted by molar-refractivity contribution is 0.169. The Labute approximate surface area is 114 Å². The molecule has 0 radical (unpaired) electrons. The van der Waals surface area contributed by atoms with E-state index in [0.29, 0.717) is 23.8 Å². The molecule has 2 atom stereocenters. The second-order valence-corrected chi connectivity index (χ2v) is 6.05. The van der Waals surface area contributed by atoms with Gasteiger partial charge in [-0.15, -0.1) is 0 Å². The van der Waals surface area contributed by atoms with Gasteiger partial charge in [0.1, 0.15) is 17.5 Å². The molecule has 1 saturated heterocycles. The van der Waals surface area contributed by atoms with Crippen LogP contribution in [0.5, 0.6) is 0 Å². The van der Waals surface area contributed by atoms with Crippen molar-refractivity contribution < 1.29 is 0 Å². The van der Waals surface area contributed by atoms with E-state index in [1.165, 1.54) is 12.8 Å². The molecule has 104 valence electrons. The minimum Gasteiger partial charge on any atom is -0.384 e. The van der Waals surface area contributed by atoms with Gasteiger partial charge in [-0.2, -0.15) is 0 Å². The number of piperazine rings is 1. The van der Waals surface area contributed by atoms with E-state index in [-0.39, 0.29) is 0 Å². The van der Waals surface area contributed by atoms with Crippen LogP contribution >= 0.6 is 0 Å². The molecule has 2 N–H and O–H groups in total. The number of aromatic nitrogens is 2. The maximum Gasteiger partial charge on any atom is 0.136 e. The van der Waals surface area contributed by atoms with Crippen molar-refractivity contribution in [1.29, 1.82) is 0 Å². The van der Waals surface area contributed by atoms with Crippen molar-refractivity contribution in [3.05, 3.63) is 11.9 Å². The molecule has 0 spiro atoms. The minimum atomic E-state index is 0.532. The Morgan fingerprint density at radius 1 is 1.16 bits per heavy atom. The normalized spacial score (nSPS) is 28.7. The summed E-state index contributed by atoms with van der Waals surface area (Å²) in [5.74, 6) is 3.09. The number of nitrogens with two attached hydrogens (primary N) is 1. The van der Waals surface area contributed by atoms with Crippen molar-refractivity contribution in [2.75, 3.05) is 30.8 Å². The van der Waals surface area contributed by atoms with Crippen LogP contribution in [-0.4, -0.2) is 47.1 Å². The number of anilines is 2. The van der Waals surface area contributed by atoms with Crippen LogP contribution < -0.4 is 10.6 Å². The molecule has 0 aromatic carbocycles. The highest BCUT2D eigenvalue weighted by Gasteiger charge is 2.30. The molecule has 2 fully saturated rings. The third kappa shape index (κ3) is 2.52. The average molecular weight is 261 g/mol. The zero-order valence-electron chi connectivity index (χ0n) is 12.0. The zero-order valence-corrected chi connectivity index (χ0v) is 12.0. The Morgan fingerprint density at radius 2 is 1.79 bits per heavy atom. The van der Waals surface area contributed by atoms with E-state index in [1.807, 2.05) is 6.07 Å². The van der Waals surface area contributed by atoms with E-state index in [2.05, 4.69) is 35.7 Å². The SMILES string of the molecule is CC1CN(c2cc(N)nc(C3CC3)n2)CC(C)N1C. The predicted octanol–water partition coefficient (Wildman–Crippen LogP) is 1.47. The zero-order chi connectivity index (χ0) is 13.6. The molecule has 1 aliphatic carbocycles. The highest BCUT2D eigenvalue weighted by atomic mass is 15.3. The number of rotatable bonds is 2. The minimum absolute atomic E-state index is 0.532. The van der Waals surface area contributed by atoms with E-state index in [1.54, 1.807) is 0 Å². The van der Waals surface area contributed by atoms with Gasteiger partial charge in [0, 0.05) is 37.2 Å². The summed E-state index contributed by atoms with van der Waals surface area (Å²) in [5.41, 5.74) is 5.94. The van der Waals surface area contributed by atoms with Crippen LogP contribution in [0.15, 0.2) is 6.07 Å². The van der Waals surface area contributed by atoms with Crippen LogP contribution in [0.25, 0.3) is 0 Å². The molecule has 5 heteroatoms. The van der Waals surface area contributed by atoms with Gasteiger partial charge in [0.05, 0.1) is 0 Å².